The van der Waals surface area contributed by atoms with Crippen molar-refractivity contribution in [2.75, 3.05) is 0 Å². The minimum absolute atomic E-state index is 0.422. The molecule has 0 saturated carbocycles. The van der Waals surface area contributed by atoms with E-state index in [2.05, 4.69) is 10.3 Å². The Morgan fingerprint density at radius 3 is 3.08 bits per heavy atom. The number of hydrogen-bond donors (Lipinski definition) is 2. The molecule has 0 fully saturated rings. The summed E-state index contributed by atoms with van der Waals surface area (Å²) in [6.07, 6.45) is 8.89. The second kappa shape index (κ2) is 2.79. The van der Waals surface area contributed by atoms with E-state index in [1.54, 1.807) is 29.2 Å². The Morgan fingerprint density at radius 2 is 2.46 bits per heavy atom. The number of aromatic nitrogens is 3. The minimum Gasteiger partial charge on any atom is -0.372 e. The highest BCUT2D eigenvalue weighted by Crippen LogP contribution is 2.18. The van der Waals surface area contributed by atoms with Crippen LogP contribution in [0.5, 0.6) is 0 Å². The van der Waals surface area contributed by atoms with Gasteiger partial charge in [-0.3, -0.25) is 5.73 Å². The van der Waals surface area contributed by atoms with Crippen LogP contribution in [0.15, 0.2) is 30.6 Å². The first kappa shape index (κ1) is 8.15. The highest BCUT2D eigenvalue weighted by Gasteiger charge is 2.20. The van der Waals surface area contributed by atoms with Crippen molar-refractivity contribution >= 4 is 5.70 Å². The van der Waals surface area contributed by atoms with Gasteiger partial charge in [-0.15, -0.1) is 5.10 Å². The summed E-state index contributed by atoms with van der Waals surface area (Å²) >= 11 is 0. The zero-order valence-corrected chi connectivity index (χ0v) is 6.96. The molecule has 1 atom stereocenters. The summed E-state index contributed by atoms with van der Waals surface area (Å²) in [7, 11) is 0. The molecular weight excluding hydrogens is 168 g/mol. The van der Waals surface area contributed by atoms with Crippen molar-refractivity contribution in [3.05, 3.63) is 30.6 Å². The van der Waals surface area contributed by atoms with Gasteiger partial charge in [0.2, 0.25) is 0 Å². The van der Waals surface area contributed by atoms with Crippen molar-refractivity contribution in [1.82, 2.24) is 15.0 Å². The summed E-state index contributed by atoms with van der Waals surface area (Å²) in [5, 5.41) is 17.0. The summed E-state index contributed by atoms with van der Waals surface area (Å²) in [6.45, 7) is 0. The van der Waals surface area contributed by atoms with E-state index in [1.807, 2.05) is 6.08 Å². The van der Waals surface area contributed by atoms with Gasteiger partial charge in [0.25, 0.3) is 0 Å². The summed E-state index contributed by atoms with van der Waals surface area (Å²) in [5.74, 6) is 0. The Balaban J connectivity index is 2.35. The first-order valence-corrected chi connectivity index (χ1v) is 3.95. The Labute approximate surface area is 75.2 Å². The SMILES string of the molecule is NC1(O)C=C(n2ccnn2)C=CC1. The van der Waals surface area contributed by atoms with Gasteiger partial charge in [-0.2, -0.15) is 0 Å². The van der Waals surface area contributed by atoms with Crippen LogP contribution < -0.4 is 5.73 Å². The van der Waals surface area contributed by atoms with Crippen molar-refractivity contribution in [1.29, 1.82) is 0 Å². The second-order valence-corrected chi connectivity index (χ2v) is 3.01. The lowest BCUT2D eigenvalue weighted by Gasteiger charge is -2.21. The normalized spacial score (nSPS) is 27.4. The predicted octanol–water partition coefficient (Wildman–Crippen LogP) is -0.274. The molecule has 1 aliphatic rings. The third kappa shape index (κ3) is 1.66. The van der Waals surface area contributed by atoms with Gasteiger partial charge < -0.3 is 5.11 Å². The van der Waals surface area contributed by atoms with Crippen LogP contribution in [0.1, 0.15) is 6.42 Å². The molecule has 3 N–H and O–H groups in total. The molecule has 0 aromatic carbocycles. The molecular formula is C8H10N4O. The fourth-order valence-corrected chi connectivity index (χ4v) is 1.22. The molecule has 5 nitrogen and oxygen atoms in total. The highest BCUT2D eigenvalue weighted by molar-refractivity contribution is 5.59. The zero-order chi connectivity index (χ0) is 9.31. The van der Waals surface area contributed by atoms with Gasteiger partial charge in [-0.1, -0.05) is 11.3 Å². The van der Waals surface area contributed by atoms with Gasteiger partial charge in [0.05, 0.1) is 18.1 Å². The van der Waals surface area contributed by atoms with Gasteiger partial charge in [-0.25, -0.2) is 4.68 Å². The molecule has 0 saturated heterocycles. The van der Waals surface area contributed by atoms with E-state index in [0.29, 0.717) is 6.42 Å². The van der Waals surface area contributed by atoms with E-state index < -0.39 is 5.72 Å². The first-order valence-electron chi connectivity index (χ1n) is 3.95. The van der Waals surface area contributed by atoms with Gasteiger partial charge >= 0.3 is 0 Å². The molecule has 1 aromatic rings. The van der Waals surface area contributed by atoms with Gasteiger partial charge in [0.15, 0.2) is 0 Å². The maximum atomic E-state index is 9.53. The number of aliphatic hydroxyl groups is 1. The van der Waals surface area contributed by atoms with Crippen LogP contribution in [0.2, 0.25) is 0 Å². The molecule has 1 aliphatic carbocycles. The average Bonchev–Trinajstić information content (AvgIpc) is 2.53. The van der Waals surface area contributed by atoms with Crippen LogP contribution >= 0.6 is 0 Å². The monoisotopic (exact) mass is 178 g/mol. The number of nitrogens with two attached hydrogens (primary N) is 1. The standard InChI is InChI=1S/C8H10N4O/c9-8(13)3-1-2-7(6-8)12-5-4-10-11-12/h1-2,4-6,13H,3,9H2. The highest BCUT2D eigenvalue weighted by atomic mass is 16.3. The Bertz CT molecular complexity index is 350. The maximum Gasteiger partial charge on any atom is 0.138 e. The van der Waals surface area contributed by atoms with E-state index in [0.717, 1.165) is 5.70 Å². The van der Waals surface area contributed by atoms with Gasteiger partial charge in [0, 0.05) is 6.42 Å². The van der Waals surface area contributed by atoms with Crippen molar-refractivity contribution in [3.63, 3.8) is 0 Å². The van der Waals surface area contributed by atoms with Crippen LogP contribution in [-0.4, -0.2) is 25.8 Å². The van der Waals surface area contributed by atoms with Crippen molar-refractivity contribution in [3.8, 4) is 0 Å². The molecule has 68 valence electrons. The Morgan fingerprint density at radius 1 is 1.62 bits per heavy atom. The number of nitrogens with zero attached hydrogens (tertiary/aromatic N) is 3. The van der Waals surface area contributed by atoms with Crippen LogP contribution in [-0.2, 0) is 0 Å². The fraction of sp³-hybridized carbons (Fsp3) is 0.250. The van der Waals surface area contributed by atoms with Crippen molar-refractivity contribution in [2.24, 2.45) is 5.73 Å². The number of rotatable bonds is 1. The summed E-state index contributed by atoms with van der Waals surface area (Å²) in [6, 6.07) is 0. The summed E-state index contributed by atoms with van der Waals surface area (Å²) in [5.41, 5.74) is 5.00. The summed E-state index contributed by atoms with van der Waals surface area (Å²) < 4.78 is 1.55. The zero-order valence-electron chi connectivity index (χ0n) is 6.96. The third-order valence-electron chi connectivity index (χ3n) is 1.82. The first-order chi connectivity index (χ1) is 6.17. The lowest BCUT2D eigenvalue weighted by molar-refractivity contribution is 0.101. The van der Waals surface area contributed by atoms with E-state index in [9.17, 15) is 5.11 Å². The van der Waals surface area contributed by atoms with Gasteiger partial charge in [0.1, 0.15) is 5.72 Å². The second-order valence-electron chi connectivity index (χ2n) is 3.01. The summed E-state index contributed by atoms with van der Waals surface area (Å²) in [4.78, 5) is 0. The predicted molar refractivity (Wildman–Crippen MR) is 47.2 cm³/mol. The fourth-order valence-electron chi connectivity index (χ4n) is 1.22. The molecule has 13 heavy (non-hydrogen) atoms. The molecule has 0 bridgehead atoms. The lowest BCUT2D eigenvalue weighted by atomic mass is 10.0. The van der Waals surface area contributed by atoms with Gasteiger partial charge in [-0.05, 0) is 12.2 Å². The number of allylic oxidation sites excluding steroid dienone is 2. The average molecular weight is 178 g/mol. The van der Waals surface area contributed by atoms with Crippen LogP contribution in [0, 0.1) is 0 Å². The molecule has 0 aliphatic heterocycles. The maximum absolute atomic E-state index is 9.53. The molecule has 0 spiro atoms. The molecule has 1 aromatic heterocycles. The molecule has 1 unspecified atom stereocenters. The van der Waals surface area contributed by atoms with Crippen LogP contribution in [0.4, 0.5) is 0 Å². The largest absolute Gasteiger partial charge is 0.372 e. The molecule has 2 rings (SSSR count). The van der Waals surface area contributed by atoms with E-state index in [4.69, 9.17) is 5.73 Å². The smallest absolute Gasteiger partial charge is 0.138 e. The Hall–Kier alpha value is -1.46. The lowest BCUT2D eigenvalue weighted by Crippen LogP contribution is -2.38. The van der Waals surface area contributed by atoms with Crippen molar-refractivity contribution in [2.45, 2.75) is 12.1 Å². The van der Waals surface area contributed by atoms with E-state index >= 15 is 0 Å². The van der Waals surface area contributed by atoms with Crippen LogP contribution in [0.3, 0.4) is 0 Å². The Kier molecular flexibility index (Phi) is 1.75. The van der Waals surface area contributed by atoms with Crippen LogP contribution in [0.25, 0.3) is 5.70 Å². The molecule has 0 amide bonds. The topological polar surface area (TPSA) is 77.0 Å². The molecule has 5 heteroatoms. The molecule has 1 heterocycles. The third-order valence-corrected chi connectivity index (χ3v) is 1.82. The molecule has 0 radical (unpaired) electrons. The van der Waals surface area contributed by atoms with E-state index in [1.165, 1.54) is 0 Å². The van der Waals surface area contributed by atoms with Crippen molar-refractivity contribution < 1.29 is 5.11 Å². The van der Waals surface area contributed by atoms with E-state index in [-0.39, 0.29) is 0 Å². The number of hydrogen-bond acceptors (Lipinski definition) is 4. The quantitative estimate of drug-likeness (QED) is 0.580. The minimum atomic E-state index is -1.27.